The standard InChI is InChI=1S/C7H6O7/c8-3-1-7(6(12)13,2-4(9)10)14-5(3)11/h1,8H,2H2,(H,9,10)(H,12,13)/t7-/m1/s1. The molecule has 0 unspecified atom stereocenters. The third kappa shape index (κ3) is 1.51. The van der Waals surface area contributed by atoms with Crippen molar-refractivity contribution in [3.63, 3.8) is 0 Å². The number of aliphatic hydroxyl groups excluding tert-OH is 1. The monoisotopic (exact) mass is 202 g/mol. The highest BCUT2D eigenvalue weighted by atomic mass is 16.6. The van der Waals surface area contributed by atoms with Crippen LogP contribution in [0, 0.1) is 0 Å². The summed E-state index contributed by atoms with van der Waals surface area (Å²) in [6.45, 7) is 0. The van der Waals surface area contributed by atoms with Crippen LogP contribution >= 0.6 is 0 Å². The molecule has 1 atom stereocenters. The summed E-state index contributed by atoms with van der Waals surface area (Å²) in [5, 5.41) is 25.9. The maximum absolute atomic E-state index is 10.7. The largest absolute Gasteiger partial charge is 0.502 e. The lowest BCUT2D eigenvalue weighted by Crippen LogP contribution is -2.40. The number of aliphatic hydroxyl groups is 1. The number of cyclic esters (lactones) is 1. The van der Waals surface area contributed by atoms with E-state index in [-0.39, 0.29) is 0 Å². The zero-order valence-electron chi connectivity index (χ0n) is 6.76. The van der Waals surface area contributed by atoms with Crippen molar-refractivity contribution in [2.24, 2.45) is 0 Å². The Morgan fingerprint density at radius 1 is 1.43 bits per heavy atom. The number of ether oxygens (including phenoxy) is 1. The Bertz CT molecular complexity index is 342. The molecular formula is C7H6O7. The van der Waals surface area contributed by atoms with Gasteiger partial charge >= 0.3 is 17.9 Å². The first-order valence-corrected chi connectivity index (χ1v) is 3.48. The molecule has 1 aliphatic heterocycles. The molecule has 76 valence electrons. The molecule has 0 saturated carbocycles. The van der Waals surface area contributed by atoms with Crippen molar-refractivity contribution in [3.8, 4) is 0 Å². The second-order valence-corrected chi connectivity index (χ2v) is 2.68. The van der Waals surface area contributed by atoms with Crippen LogP contribution in [0.25, 0.3) is 0 Å². The fourth-order valence-corrected chi connectivity index (χ4v) is 1.02. The van der Waals surface area contributed by atoms with Crippen molar-refractivity contribution < 1.29 is 34.4 Å². The molecule has 0 aromatic carbocycles. The molecule has 7 nitrogen and oxygen atoms in total. The predicted molar refractivity (Wildman–Crippen MR) is 39.4 cm³/mol. The SMILES string of the molecule is O=C(O)C[C@@]1(C(=O)O)C=C(O)C(=O)O1. The van der Waals surface area contributed by atoms with Crippen LogP contribution in [0.15, 0.2) is 11.8 Å². The van der Waals surface area contributed by atoms with Gasteiger partial charge in [0.15, 0.2) is 0 Å². The molecule has 0 aromatic rings. The maximum Gasteiger partial charge on any atom is 0.374 e. The van der Waals surface area contributed by atoms with Gasteiger partial charge in [-0.15, -0.1) is 0 Å². The van der Waals surface area contributed by atoms with E-state index in [1.165, 1.54) is 0 Å². The van der Waals surface area contributed by atoms with Gasteiger partial charge in [-0.1, -0.05) is 0 Å². The molecule has 0 aromatic heterocycles. The summed E-state index contributed by atoms with van der Waals surface area (Å²) in [5.74, 6) is -5.23. The Balaban J connectivity index is 3.03. The molecule has 0 bridgehead atoms. The molecule has 0 fully saturated rings. The topological polar surface area (TPSA) is 121 Å². The van der Waals surface area contributed by atoms with E-state index in [1.54, 1.807) is 0 Å². The third-order valence-corrected chi connectivity index (χ3v) is 1.63. The van der Waals surface area contributed by atoms with Gasteiger partial charge in [-0.3, -0.25) is 4.79 Å². The number of carbonyl (C=O) groups is 3. The number of carbonyl (C=O) groups excluding carboxylic acids is 1. The maximum atomic E-state index is 10.7. The van der Waals surface area contributed by atoms with Crippen molar-refractivity contribution in [2.45, 2.75) is 12.0 Å². The number of hydrogen-bond donors (Lipinski definition) is 3. The minimum Gasteiger partial charge on any atom is -0.502 e. The average molecular weight is 202 g/mol. The quantitative estimate of drug-likeness (QED) is 0.516. The van der Waals surface area contributed by atoms with Crippen LogP contribution in [0.1, 0.15) is 6.42 Å². The first kappa shape index (κ1) is 10.0. The van der Waals surface area contributed by atoms with Gasteiger partial charge in [0.05, 0.1) is 0 Å². The van der Waals surface area contributed by atoms with E-state index >= 15 is 0 Å². The van der Waals surface area contributed by atoms with Crippen molar-refractivity contribution in [3.05, 3.63) is 11.8 Å². The summed E-state index contributed by atoms with van der Waals surface area (Å²) >= 11 is 0. The van der Waals surface area contributed by atoms with Crippen LogP contribution in [0.3, 0.4) is 0 Å². The number of hydrogen-bond acceptors (Lipinski definition) is 5. The van der Waals surface area contributed by atoms with E-state index in [2.05, 4.69) is 4.74 Å². The molecule has 7 heteroatoms. The summed E-state index contributed by atoms with van der Waals surface area (Å²) < 4.78 is 4.27. The number of carboxylic acids is 2. The van der Waals surface area contributed by atoms with Crippen LogP contribution in [0.4, 0.5) is 0 Å². The third-order valence-electron chi connectivity index (χ3n) is 1.63. The van der Waals surface area contributed by atoms with E-state index in [9.17, 15) is 14.4 Å². The summed E-state index contributed by atoms with van der Waals surface area (Å²) in [5.41, 5.74) is -2.28. The van der Waals surface area contributed by atoms with Gasteiger partial charge in [-0.2, -0.15) is 0 Å². The van der Waals surface area contributed by atoms with Crippen LogP contribution in [-0.2, 0) is 19.1 Å². The van der Waals surface area contributed by atoms with Crippen LogP contribution < -0.4 is 0 Å². The highest BCUT2D eigenvalue weighted by Crippen LogP contribution is 2.27. The zero-order valence-corrected chi connectivity index (χ0v) is 6.76. The van der Waals surface area contributed by atoms with Gasteiger partial charge in [-0.25, -0.2) is 9.59 Å². The lowest BCUT2D eigenvalue weighted by Gasteiger charge is -2.18. The van der Waals surface area contributed by atoms with Gasteiger partial charge in [0.2, 0.25) is 11.4 Å². The highest BCUT2D eigenvalue weighted by molar-refractivity contribution is 5.98. The van der Waals surface area contributed by atoms with Gasteiger partial charge in [0, 0.05) is 6.08 Å². The molecule has 1 rings (SSSR count). The first-order valence-electron chi connectivity index (χ1n) is 3.48. The fourth-order valence-electron chi connectivity index (χ4n) is 1.02. The zero-order chi connectivity index (χ0) is 10.9. The van der Waals surface area contributed by atoms with Crippen molar-refractivity contribution in [1.82, 2.24) is 0 Å². The average Bonchev–Trinajstić information content (AvgIpc) is 2.27. The summed E-state index contributed by atoms with van der Waals surface area (Å²) in [4.78, 5) is 31.6. The molecule has 0 amide bonds. The number of esters is 1. The Hall–Kier alpha value is -2.05. The fraction of sp³-hybridized carbons (Fsp3) is 0.286. The number of rotatable bonds is 3. The molecule has 1 heterocycles. The lowest BCUT2D eigenvalue weighted by molar-refractivity contribution is -0.171. The summed E-state index contributed by atoms with van der Waals surface area (Å²) in [6.07, 6.45) is -0.357. The summed E-state index contributed by atoms with van der Waals surface area (Å²) in [7, 11) is 0. The number of carboxylic acid groups (broad SMARTS) is 2. The van der Waals surface area contributed by atoms with E-state index in [4.69, 9.17) is 15.3 Å². The molecule has 0 aliphatic carbocycles. The lowest BCUT2D eigenvalue weighted by atomic mass is 10.0. The Morgan fingerprint density at radius 2 is 2.00 bits per heavy atom. The predicted octanol–water partition coefficient (Wildman–Crippen LogP) is -0.717. The molecule has 0 radical (unpaired) electrons. The van der Waals surface area contributed by atoms with E-state index in [0.29, 0.717) is 6.08 Å². The van der Waals surface area contributed by atoms with Crippen LogP contribution in [0.5, 0.6) is 0 Å². The molecular weight excluding hydrogens is 196 g/mol. The minimum absolute atomic E-state index is 0.575. The Kier molecular flexibility index (Phi) is 2.16. The Morgan fingerprint density at radius 3 is 2.29 bits per heavy atom. The Labute approximate surface area is 77.2 Å². The molecule has 3 N–H and O–H groups in total. The molecule has 0 spiro atoms. The van der Waals surface area contributed by atoms with Crippen molar-refractivity contribution in [2.75, 3.05) is 0 Å². The van der Waals surface area contributed by atoms with Gasteiger partial charge < -0.3 is 20.1 Å². The second kappa shape index (κ2) is 3.02. The van der Waals surface area contributed by atoms with Gasteiger partial charge in [-0.05, 0) is 0 Å². The van der Waals surface area contributed by atoms with Crippen molar-refractivity contribution >= 4 is 17.9 Å². The normalized spacial score (nSPS) is 25.4. The smallest absolute Gasteiger partial charge is 0.374 e. The number of aliphatic carboxylic acids is 2. The van der Waals surface area contributed by atoms with Gasteiger partial charge in [0.1, 0.15) is 6.42 Å². The van der Waals surface area contributed by atoms with E-state index < -0.39 is 35.7 Å². The molecule has 0 saturated heterocycles. The van der Waals surface area contributed by atoms with Crippen LogP contribution in [-0.4, -0.2) is 38.8 Å². The highest BCUT2D eigenvalue weighted by Gasteiger charge is 2.49. The molecule has 1 aliphatic rings. The van der Waals surface area contributed by atoms with E-state index in [1.807, 2.05) is 0 Å². The van der Waals surface area contributed by atoms with E-state index in [0.717, 1.165) is 0 Å². The first-order chi connectivity index (χ1) is 6.37. The minimum atomic E-state index is -2.28. The summed E-state index contributed by atoms with van der Waals surface area (Å²) in [6, 6.07) is 0. The van der Waals surface area contributed by atoms with Crippen LogP contribution in [0.2, 0.25) is 0 Å². The molecule has 14 heavy (non-hydrogen) atoms. The van der Waals surface area contributed by atoms with Gasteiger partial charge in [0.25, 0.3) is 0 Å². The second-order valence-electron chi connectivity index (χ2n) is 2.68. The van der Waals surface area contributed by atoms with Crippen molar-refractivity contribution in [1.29, 1.82) is 0 Å².